The summed E-state index contributed by atoms with van der Waals surface area (Å²) in [7, 11) is -0.0873. The highest BCUT2D eigenvalue weighted by Crippen LogP contribution is 2.37. The summed E-state index contributed by atoms with van der Waals surface area (Å²) in [6.45, 7) is 3.05. The summed E-state index contributed by atoms with van der Waals surface area (Å²) in [5.41, 5.74) is 0.0782. The van der Waals surface area contributed by atoms with Gasteiger partial charge in [0.2, 0.25) is 11.0 Å². The number of anilines is 2. The lowest BCUT2D eigenvalue weighted by molar-refractivity contribution is -0.114. The van der Waals surface area contributed by atoms with E-state index in [0.717, 1.165) is 15.6 Å². The molecular weight excluding hydrogens is 548 g/mol. The highest BCUT2D eigenvalue weighted by atomic mass is 35.5. The molecule has 3 rings (SSSR count). The summed E-state index contributed by atoms with van der Waals surface area (Å²) in [5, 5.41) is 11.0. The number of hydrogen-bond donors (Lipinski definition) is 1. The lowest BCUT2D eigenvalue weighted by Gasteiger charge is -2.26. The number of rotatable bonds is 12. The van der Waals surface area contributed by atoms with Gasteiger partial charge in [0, 0.05) is 16.8 Å². The van der Waals surface area contributed by atoms with Crippen LogP contribution in [0.5, 0.6) is 17.2 Å². The van der Waals surface area contributed by atoms with Crippen LogP contribution in [0, 0.1) is 0 Å². The monoisotopic (exact) mass is 570 g/mol. The molecule has 3 aromatic rings. The highest BCUT2D eigenvalue weighted by Gasteiger charge is 2.31. The summed E-state index contributed by atoms with van der Waals surface area (Å²) in [5.74, 6) is 0.754. The molecule has 0 radical (unpaired) electrons. The number of sulfonamides is 1. The molecule has 0 fully saturated rings. The molecular formula is C22H23ClN4O6S3. The van der Waals surface area contributed by atoms with Crippen molar-refractivity contribution in [2.24, 2.45) is 0 Å². The van der Waals surface area contributed by atoms with Crippen LogP contribution in [-0.4, -0.2) is 58.1 Å². The Morgan fingerprint density at radius 3 is 2.47 bits per heavy atom. The van der Waals surface area contributed by atoms with Crippen LogP contribution >= 0.6 is 34.7 Å². The Morgan fingerprint density at radius 1 is 1.11 bits per heavy atom. The van der Waals surface area contributed by atoms with E-state index in [-0.39, 0.29) is 32.2 Å². The van der Waals surface area contributed by atoms with Crippen LogP contribution in [0.4, 0.5) is 10.8 Å². The first-order valence-electron chi connectivity index (χ1n) is 10.2. The molecule has 2 aromatic carbocycles. The molecule has 1 heterocycles. The van der Waals surface area contributed by atoms with Crippen molar-refractivity contribution in [1.29, 1.82) is 0 Å². The van der Waals surface area contributed by atoms with Gasteiger partial charge in [-0.25, -0.2) is 8.42 Å². The van der Waals surface area contributed by atoms with Crippen molar-refractivity contribution in [3.63, 3.8) is 0 Å². The Labute approximate surface area is 222 Å². The van der Waals surface area contributed by atoms with Gasteiger partial charge in [-0.2, -0.15) is 0 Å². The summed E-state index contributed by atoms with van der Waals surface area (Å²) < 4.78 is 45.0. The average molecular weight is 571 g/mol. The van der Waals surface area contributed by atoms with Crippen molar-refractivity contribution < 1.29 is 27.4 Å². The molecule has 0 atom stereocenters. The van der Waals surface area contributed by atoms with Gasteiger partial charge in [0.05, 0.1) is 31.9 Å². The molecule has 0 unspecified atom stereocenters. The van der Waals surface area contributed by atoms with Gasteiger partial charge < -0.3 is 14.2 Å². The van der Waals surface area contributed by atoms with E-state index in [4.69, 9.17) is 25.8 Å². The lowest BCUT2D eigenvalue weighted by atomic mass is 10.3. The van der Waals surface area contributed by atoms with Gasteiger partial charge in [0.1, 0.15) is 12.3 Å². The first-order valence-corrected chi connectivity index (χ1v) is 13.8. The topological polar surface area (TPSA) is 120 Å². The van der Waals surface area contributed by atoms with Crippen LogP contribution in [0.15, 0.2) is 58.3 Å². The summed E-state index contributed by atoms with van der Waals surface area (Å²) in [6.07, 6.45) is 1.72. The second-order valence-electron chi connectivity index (χ2n) is 6.87. The molecule has 0 bridgehead atoms. The number of ether oxygens (including phenoxy) is 3. The molecule has 0 aliphatic heterocycles. The van der Waals surface area contributed by atoms with Crippen molar-refractivity contribution in [3.05, 3.63) is 54.1 Å². The first-order chi connectivity index (χ1) is 17.2. The molecule has 0 saturated carbocycles. The molecule has 1 amide bonds. The number of carbonyl (C=O) groups is 1. The molecule has 14 heteroatoms. The highest BCUT2D eigenvalue weighted by molar-refractivity contribution is 8.01. The minimum atomic E-state index is -4.30. The van der Waals surface area contributed by atoms with Crippen molar-refractivity contribution in [2.45, 2.75) is 9.24 Å². The fourth-order valence-electron chi connectivity index (χ4n) is 3.00. The number of nitrogens with one attached hydrogen (secondary N) is 1. The third kappa shape index (κ3) is 6.40. The molecule has 1 N–H and O–H groups in total. The summed E-state index contributed by atoms with van der Waals surface area (Å²) >= 11 is 8.75. The minimum absolute atomic E-state index is 0.0782. The SMILES string of the molecule is C=CCSc1nnc(NC(=O)CN(c2cc(Cl)ccc2OC)S(=O)(=O)c2ccc(OC)c(OC)c2)s1. The van der Waals surface area contributed by atoms with Crippen molar-refractivity contribution >= 4 is 61.4 Å². The maximum absolute atomic E-state index is 13.8. The van der Waals surface area contributed by atoms with Gasteiger partial charge in [-0.15, -0.1) is 16.8 Å². The Kier molecular flexibility index (Phi) is 9.43. The van der Waals surface area contributed by atoms with Crippen LogP contribution in [0.2, 0.25) is 5.02 Å². The van der Waals surface area contributed by atoms with E-state index in [1.54, 1.807) is 12.1 Å². The minimum Gasteiger partial charge on any atom is -0.495 e. The van der Waals surface area contributed by atoms with E-state index in [1.807, 2.05) is 0 Å². The van der Waals surface area contributed by atoms with Gasteiger partial charge in [0.25, 0.3) is 10.0 Å². The Bertz CT molecular complexity index is 1350. The number of nitrogens with zero attached hydrogens (tertiary/aromatic N) is 3. The number of thioether (sulfide) groups is 1. The number of amides is 1. The van der Waals surface area contributed by atoms with Gasteiger partial charge in [0.15, 0.2) is 15.8 Å². The van der Waals surface area contributed by atoms with E-state index in [2.05, 4.69) is 22.1 Å². The molecule has 0 aliphatic carbocycles. The van der Waals surface area contributed by atoms with Crippen molar-refractivity contribution in [3.8, 4) is 17.2 Å². The zero-order chi connectivity index (χ0) is 26.3. The van der Waals surface area contributed by atoms with Crippen LogP contribution in [0.25, 0.3) is 0 Å². The molecule has 0 spiro atoms. The molecule has 0 saturated heterocycles. The molecule has 192 valence electrons. The molecule has 36 heavy (non-hydrogen) atoms. The number of carbonyl (C=O) groups excluding carboxylic acids is 1. The van der Waals surface area contributed by atoms with Crippen LogP contribution < -0.4 is 23.8 Å². The van der Waals surface area contributed by atoms with Crippen LogP contribution in [-0.2, 0) is 14.8 Å². The van der Waals surface area contributed by atoms with Crippen molar-refractivity contribution in [1.82, 2.24) is 10.2 Å². The largest absolute Gasteiger partial charge is 0.495 e. The smallest absolute Gasteiger partial charge is 0.265 e. The number of methoxy groups -OCH3 is 3. The van der Waals surface area contributed by atoms with Gasteiger partial charge in [-0.05, 0) is 30.3 Å². The third-order valence-corrected chi connectivity index (χ3v) is 8.58. The van der Waals surface area contributed by atoms with E-state index in [0.29, 0.717) is 15.8 Å². The maximum atomic E-state index is 13.8. The molecule has 1 aromatic heterocycles. The molecule has 10 nitrogen and oxygen atoms in total. The van der Waals surface area contributed by atoms with E-state index in [1.165, 1.54) is 63.4 Å². The number of hydrogen-bond acceptors (Lipinski definition) is 10. The van der Waals surface area contributed by atoms with Crippen LogP contribution in [0.3, 0.4) is 0 Å². The quantitative estimate of drug-likeness (QED) is 0.193. The standard InChI is InChI=1S/C22H23ClN4O6S3/c1-5-10-34-22-26-25-21(35-22)24-20(28)13-27(16-11-14(23)6-8-17(16)31-2)36(29,30)15-7-9-18(32-3)19(12-15)33-4/h5-9,11-12H,1,10,13H2,2-4H3,(H,24,25,28). The fraction of sp³-hybridized carbons (Fsp3) is 0.227. The van der Waals surface area contributed by atoms with E-state index < -0.39 is 22.5 Å². The predicted molar refractivity (Wildman–Crippen MR) is 142 cm³/mol. The van der Waals surface area contributed by atoms with E-state index in [9.17, 15) is 13.2 Å². The lowest BCUT2D eigenvalue weighted by Crippen LogP contribution is -2.38. The van der Waals surface area contributed by atoms with Crippen molar-refractivity contribution in [2.75, 3.05) is 43.2 Å². The second kappa shape index (κ2) is 12.3. The number of halogens is 1. The summed E-state index contributed by atoms with van der Waals surface area (Å²) in [6, 6.07) is 8.59. The maximum Gasteiger partial charge on any atom is 0.265 e. The second-order valence-corrected chi connectivity index (χ2v) is 11.4. The Balaban J connectivity index is 2.00. The Hall–Kier alpha value is -3.00. The van der Waals surface area contributed by atoms with E-state index >= 15 is 0 Å². The predicted octanol–water partition coefficient (Wildman–Crippen LogP) is 4.33. The summed E-state index contributed by atoms with van der Waals surface area (Å²) in [4.78, 5) is 12.9. The zero-order valence-electron chi connectivity index (χ0n) is 19.6. The zero-order valence-corrected chi connectivity index (χ0v) is 22.8. The number of benzene rings is 2. The van der Waals surface area contributed by atoms with Crippen LogP contribution in [0.1, 0.15) is 0 Å². The fourth-order valence-corrected chi connectivity index (χ4v) is 6.13. The average Bonchev–Trinajstić information content (AvgIpc) is 3.32. The molecule has 0 aliphatic rings. The Morgan fingerprint density at radius 2 is 1.81 bits per heavy atom. The number of aromatic nitrogens is 2. The van der Waals surface area contributed by atoms with Gasteiger partial charge >= 0.3 is 0 Å². The van der Waals surface area contributed by atoms with Gasteiger partial charge in [-0.3, -0.25) is 14.4 Å². The van der Waals surface area contributed by atoms with Gasteiger partial charge in [-0.1, -0.05) is 40.8 Å². The first kappa shape index (κ1) is 27.6. The third-order valence-electron chi connectivity index (χ3n) is 4.62. The normalized spacial score (nSPS) is 11.0.